The molecule has 1 aliphatic rings. The van der Waals surface area contributed by atoms with Gasteiger partial charge < -0.3 is 10.1 Å². The van der Waals surface area contributed by atoms with E-state index in [1.807, 2.05) is 0 Å². The van der Waals surface area contributed by atoms with E-state index in [0.29, 0.717) is 18.4 Å². The molecule has 0 aromatic heterocycles. The van der Waals surface area contributed by atoms with Gasteiger partial charge in [-0.2, -0.15) is 0 Å². The van der Waals surface area contributed by atoms with E-state index in [-0.39, 0.29) is 0 Å². The number of nitrogens with one attached hydrogen (secondary N) is 1. The average Bonchev–Trinajstić information content (AvgIpc) is 2.65. The SMILES string of the molecule is CCC1CN=C(NCCOCC(F)F)S1. The average molecular weight is 238 g/mol. The van der Waals surface area contributed by atoms with Crippen LogP contribution in [-0.4, -0.2) is 43.1 Å². The van der Waals surface area contributed by atoms with Crippen molar-refractivity contribution in [2.75, 3.05) is 26.3 Å². The highest BCUT2D eigenvalue weighted by Gasteiger charge is 2.16. The summed E-state index contributed by atoms with van der Waals surface area (Å²) >= 11 is 1.71. The Morgan fingerprint density at radius 3 is 3.07 bits per heavy atom. The minimum atomic E-state index is -2.38. The van der Waals surface area contributed by atoms with Gasteiger partial charge in [-0.1, -0.05) is 18.7 Å². The van der Waals surface area contributed by atoms with Crippen LogP contribution in [0.2, 0.25) is 0 Å². The van der Waals surface area contributed by atoms with Crippen LogP contribution in [0.4, 0.5) is 8.78 Å². The van der Waals surface area contributed by atoms with Crippen molar-refractivity contribution in [1.82, 2.24) is 5.32 Å². The van der Waals surface area contributed by atoms with Gasteiger partial charge in [-0.15, -0.1) is 0 Å². The lowest BCUT2D eigenvalue weighted by molar-refractivity contribution is 0.0197. The third-order valence-corrected chi connectivity index (χ3v) is 3.25. The van der Waals surface area contributed by atoms with Crippen LogP contribution in [0.15, 0.2) is 4.99 Å². The molecule has 0 spiro atoms. The first kappa shape index (κ1) is 12.7. The summed E-state index contributed by atoms with van der Waals surface area (Å²) in [4.78, 5) is 4.29. The van der Waals surface area contributed by atoms with E-state index in [1.54, 1.807) is 11.8 Å². The first-order valence-corrected chi connectivity index (χ1v) is 5.91. The number of halogens is 2. The van der Waals surface area contributed by atoms with Crippen LogP contribution in [0.1, 0.15) is 13.3 Å². The molecule has 1 atom stereocenters. The molecule has 0 aromatic rings. The minimum absolute atomic E-state index is 0.292. The fourth-order valence-corrected chi connectivity index (χ4v) is 2.10. The summed E-state index contributed by atoms with van der Waals surface area (Å²) in [6.07, 6.45) is -1.28. The predicted octanol–water partition coefficient (Wildman–Crippen LogP) is 1.74. The predicted molar refractivity (Wildman–Crippen MR) is 58.8 cm³/mol. The highest BCUT2D eigenvalue weighted by molar-refractivity contribution is 8.14. The number of thioether (sulfide) groups is 1. The van der Waals surface area contributed by atoms with E-state index in [1.165, 1.54) is 0 Å². The summed E-state index contributed by atoms with van der Waals surface area (Å²) in [7, 11) is 0. The summed E-state index contributed by atoms with van der Waals surface area (Å²) in [6, 6.07) is 0. The highest BCUT2D eigenvalue weighted by atomic mass is 32.2. The van der Waals surface area contributed by atoms with E-state index in [4.69, 9.17) is 4.74 Å². The zero-order valence-corrected chi connectivity index (χ0v) is 9.53. The van der Waals surface area contributed by atoms with Crippen LogP contribution in [0.5, 0.6) is 0 Å². The van der Waals surface area contributed by atoms with E-state index in [2.05, 4.69) is 17.2 Å². The maximum absolute atomic E-state index is 11.7. The molecular formula is C9H16F2N2OS. The van der Waals surface area contributed by atoms with Crippen LogP contribution in [0.25, 0.3) is 0 Å². The second-order valence-electron chi connectivity index (χ2n) is 3.19. The van der Waals surface area contributed by atoms with Crippen molar-refractivity contribution >= 4 is 16.9 Å². The third kappa shape index (κ3) is 5.32. The number of aliphatic imine (C=N–C) groups is 1. The molecule has 0 bridgehead atoms. The van der Waals surface area contributed by atoms with Crippen LogP contribution in [-0.2, 0) is 4.74 Å². The molecule has 0 saturated carbocycles. The first-order valence-electron chi connectivity index (χ1n) is 5.03. The highest BCUT2D eigenvalue weighted by Crippen LogP contribution is 2.21. The van der Waals surface area contributed by atoms with Crippen molar-refractivity contribution in [3.05, 3.63) is 0 Å². The van der Waals surface area contributed by atoms with Gasteiger partial charge in [0, 0.05) is 11.8 Å². The van der Waals surface area contributed by atoms with Crippen molar-refractivity contribution in [3.63, 3.8) is 0 Å². The molecule has 0 amide bonds. The molecule has 1 aliphatic heterocycles. The normalized spacial score (nSPS) is 20.8. The molecule has 0 saturated heterocycles. The summed E-state index contributed by atoms with van der Waals surface area (Å²) < 4.78 is 28.1. The number of rotatable bonds is 6. The van der Waals surface area contributed by atoms with Crippen molar-refractivity contribution in [3.8, 4) is 0 Å². The molecule has 1 N–H and O–H groups in total. The Morgan fingerprint density at radius 1 is 1.67 bits per heavy atom. The maximum atomic E-state index is 11.7. The Kier molecular flexibility index (Phi) is 5.93. The summed E-state index contributed by atoms with van der Waals surface area (Å²) in [5.74, 6) is 0. The molecule has 0 fully saturated rings. The van der Waals surface area contributed by atoms with E-state index < -0.39 is 13.0 Å². The van der Waals surface area contributed by atoms with Gasteiger partial charge in [-0.25, -0.2) is 8.78 Å². The van der Waals surface area contributed by atoms with E-state index >= 15 is 0 Å². The fourth-order valence-electron chi connectivity index (χ4n) is 1.13. The van der Waals surface area contributed by atoms with Crippen molar-refractivity contribution in [2.45, 2.75) is 25.0 Å². The van der Waals surface area contributed by atoms with Crippen molar-refractivity contribution in [2.24, 2.45) is 4.99 Å². The second kappa shape index (κ2) is 7.00. The third-order valence-electron chi connectivity index (χ3n) is 1.94. The molecule has 88 valence electrons. The number of hydrogen-bond acceptors (Lipinski definition) is 4. The lowest BCUT2D eigenvalue weighted by Crippen LogP contribution is -2.25. The molecular weight excluding hydrogens is 222 g/mol. The van der Waals surface area contributed by atoms with E-state index in [0.717, 1.165) is 18.1 Å². The van der Waals surface area contributed by atoms with Gasteiger partial charge in [0.05, 0.1) is 13.2 Å². The topological polar surface area (TPSA) is 33.6 Å². The summed E-state index contributed by atoms with van der Waals surface area (Å²) in [6.45, 7) is 3.32. The van der Waals surface area contributed by atoms with E-state index in [9.17, 15) is 8.78 Å². The lowest BCUT2D eigenvalue weighted by atomic mass is 10.3. The van der Waals surface area contributed by atoms with Crippen molar-refractivity contribution < 1.29 is 13.5 Å². The number of hydrogen-bond donors (Lipinski definition) is 1. The van der Waals surface area contributed by atoms with Gasteiger partial charge in [-0.05, 0) is 6.42 Å². The maximum Gasteiger partial charge on any atom is 0.261 e. The Hall–Kier alpha value is -0.360. The smallest absolute Gasteiger partial charge is 0.261 e. The zero-order valence-electron chi connectivity index (χ0n) is 8.71. The minimum Gasteiger partial charge on any atom is -0.374 e. The molecule has 1 rings (SSSR count). The van der Waals surface area contributed by atoms with Crippen LogP contribution < -0.4 is 5.32 Å². The van der Waals surface area contributed by atoms with Gasteiger partial charge in [-0.3, -0.25) is 4.99 Å². The van der Waals surface area contributed by atoms with Crippen LogP contribution in [0.3, 0.4) is 0 Å². The van der Waals surface area contributed by atoms with Gasteiger partial charge in [0.25, 0.3) is 6.43 Å². The number of nitrogens with zero attached hydrogens (tertiary/aromatic N) is 1. The standard InChI is InChI=1S/C9H16F2N2OS/c1-2-7-5-13-9(15-7)12-3-4-14-6-8(10)11/h7-8H,2-6H2,1H3,(H,12,13). The van der Waals surface area contributed by atoms with Gasteiger partial charge >= 0.3 is 0 Å². The summed E-state index contributed by atoms with van der Waals surface area (Å²) in [5, 5.41) is 4.53. The first-order chi connectivity index (χ1) is 7.22. The number of alkyl halides is 2. The molecule has 0 aliphatic carbocycles. The Balaban J connectivity index is 1.97. The number of ether oxygens (including phenoxy) is 1. The molecule has 1 unspecified atom stereocenters. The van der Waals surface area contributed by atoms with Crippen LogP contribution >= 0.6 is 11.8 Å². The monoisotopic (exact) mass is 238 g/mol. The second-order valence-corrected chi connectivity index (χ2v) is 4.48. The molecule has 3 nitrogen and oxygen atoms in total. The summed E-state index contributed by atoms with van der Waals surface area (Å²) in [5.41, 5.74) is 0. The van der Waals surface area contributed by atoms with Crippen LogP contribution in [0, 0.1) is 0 Å². The Morgan fingerprint density at radius 2 is 2.47 bits per heavy atom. The molecule has 1 heterocycles. The Bertz CT molecular complexity index is 214. The molecule has 0 radical (unpaired) electrons. The largest absolute Gasteiger partial charge is 0.374 e. The molecule has 0 aromatic carbocycles. The molecule has 15 heavy (non-hydrogen) atoms. The lowest BCUT2D eigenvalue weighted by Gasteiger charge is -2.07. The quantitative estimate of drug-likeness (QED) is 0.716. The Labute approximate surface area is 92.7 Å². The van der Waals surface area contributed by atoms with Gasteiger partial charge in [0.2, 0.25) is 0 Å². The fraction of sp³-hybridized carbons (Fsp3) is 0.889. The van der Waals surface area contributed by atoms with Gasteiger partial charge in [0.15, 0.2) is 5.17 Å². The molecule has 6 heteroatoms. The van der Waals surface area contributed by atoms with Crippen molar-refractivity contribution in [1.29, 1.82) is 0 Å². The zero-order chi connectivity index (χ0) is 11.1. The van der Waals surface area contributed by atoms with Gasteiger partial charge in [0.1, 0.15) is 6.61 Å². The number of amidine groups is 1.